The SMILES string of the molecule is O=C1CCCCCCC=CCCCCCCCC1O. The van der Waals surface area contributed by atoms with E-state index in [0.717, 1.165) is 25.7 Å². The Bertz CT molecular complexity index is 258. The first-order valence-electron chi connectivity index (χ1n) is 8.16. The lowest BCUT2D eigenvalue weighted by molar-refractivity contribution is -0.127. The van der Waals surface area contributed by atoms with Gasteiger partial charge in [-0.05, 0) is 38.5 Å². The van der Waals surface area contributed by atoms with Crippen molar-refractivity contribution < 1.29 is 9.90 Å². The molecule has 0 aliphatic heterocycles. The van der Waals surface area contributed by atoms with E-state index in [0.29, 0.717) is 12.8 Å². The van der Waals surface area contributed by atoms with Crippen molar-refractivity contribution in [1.82, 2.24) is 0 Å². The molecule has 1 atom stereocenters. The summed E-state index contributed by atoms with van der Waals surface area (Å²) in [4.78, 5) is 11.7. The predicted molar refractivity (Wildman–Crippen MR) is 80.2 cm³/mol. The number of carbonyl (C=O) groups is 1. The van der Waals surface area contributed by atoms with Crippen LogP contribution in [-0.4, -0.2) is 17.0 Å². The normalized spacial score (nSPS) is 25.9. The summed E-state index contributed by atoms with van der Waals surface area (Å²) in [6.45, 7) is 0. The number of aliphatic hydroxyl groups excluding tert-OH is 1. The summed E-state index contributed by atoms with van der Waals surface area (Å²) in [5, 5.41) is 9.77. The van der Waals surface area contributed by atoms with Gasteiger partial charge in [0.1, 0.15) is 6.10 Å². The average molecular weight is 266 g/mol. The molecule has 1 unspecified atom stereocenters. The molecule has 0 spiro atoms. The van der Waals surface area contributed by atoms with Gasteiger partial charge in [0.25, 0.3) is 0 Å². The van der Waals surface area contributed by atoms with Crippen LogP contribution in [0.25, 0.3) is 0 Å². The van der Waals surface area contributed by atoms with E-state index in [2.05, 4.69) is 12.2 Å². The highest BCUT2D eigenvalue weighted by Crippen LogP contribution is 2.13. The van der Waals surface area contributed by atoms with Crippen LogP contribution in [0.5, 0.6) is 0 Å². The summed E-state index contributed by atoms with van der Waals surface area (Å²) < 4.78 is 0. The van der Waals surface area contributed by atoms with Crippen LogP contribution in [0.4, 0.5) is 0 Å². The third-order valence-corrected chi connectivity index (χ3v) is 3.93. The van der Waals surface area contributed by atoms with Gasteiger partial charge in [0.15, 0.2) is 5.78 Å². The van der Waals surface area contributed by atoms with Crippen LogP contribution < -0.4 is 0 Å². The van der Waals surface area contributed by atoms with Gasteiger partial charge in [-0.3, -0.25) is 4.79 Å². The van der Waals surface area contributed by atoms with Crippen LogP contribution in [0.1, 0.15) is 83.5 Å². The highest BCUT2D eigenvalue weighted by molar-refractivity contribution is 5.82. The Labute approximate surface area is 118 Å². The Balaban J connectivity index is 2.26. The van der Waals surface area contributed by atoms with Crippen molar-refractivity contribution in [2.24, 2.45) is 0 Å². The second-order valence-corrected chi connectivity index (χ2v) is 5.75. The van der Waals surface area contributed by atoms with Gasteiger partial charge < -0.3 is 5.11 Å². The smallest absolute Gasteiger partial charge is 0.161 e. The molecule has 1 N–H and O–H groups in total. The first-order valence-corrected chi connectivity index (χ1v) is 8.16. The maximum Gasteiger partial charge on any atom is 0.161 e. The molecule has 2 heteroatoms. The van der Waals surface area contributed by atoms with Gasteiger partial charge >= 0.3 is 0 Å². The van der Waals surface area contributed by atoms with Crippen molar-refractivity contribution in [3.63, 3.8) is 0 Å². The van der Waals surface area contributed by atoms with Crippen LogP contribution in [0.3, 0.4) is 0 Å². The summed E-state index contributed by atoms with van der Waals surface area (Å²) >= 11 is 0. The molecular formula is C17H30O2. The van der Waals surface area contributed by atoms with Crippen molar-refractivity contribution in [2.75, 3.05) is 0 Å². The molecule has 110 valence electrons. The third kappa shape index (κ3) is 8.99. The number of rotatable bonds is 0. The van der Waals surface area contributed by atoms with E-state index in [1.807, 2.05) is 0 Å². The van der Waals surface area contributed by atoms with Gasteiger partial charge in [-0.25, -0.2) is 0 Å². The number of allylic oxidation sites excluding steroid dienone is 2. The molecule has 0 aromatic heterocycles. The van der Waals surface area contributed by atoms with Crippen molar-refractivity contribution in [3.8, 4) is 0 Å². The average Bonchev–Trinajstić information content (AvgIpc) is 2.41. The van der Waals surface area contributed by atoms with Crippen LogP contribution in [0, 0.1) is 0 Å². The van der Waals surface area contributed by atoms with Crippen molar-refractivity contribution in [3.05, 3.63) is 12.2 Å². The zero-order valence-electron chi connectivity index (χ0n) is 12.3. The number of Topliss-reactive ketones (excluding diaryl/α,β-unsaturated/α-hetero) is 1. The molecular weight excluding hydrogens is 236 g/mol. The molecule has 0 saturated heterocycles. The van der Waals surface area contributed by atoms with Crippen molar-refractivity contribution in [1.29, 1.82) is 0 Å². The van der Waals surface area contributed by atoms with Crippen LogP contribution in [0.2, 0.25) is 0 Å². The zero-order valence-corrected chi connectivity index (χ0v) is 12.3. The Morgan fingerprint density at radius 3 is 2.00 bits per heavy atom. The summed E-state index contributed by atoms with van der Waals surface area (Å²) in [7, 11) is 0. The van der Waals surface area contributed by atoms with Crippen LogP contribution in [-0.2, 0) is 4.79 Å². The topological polar surface area (TPSA) is 37.3 Å². The van der Waals surface area contributed by atoms with Gasteiger partial charge in [0.2, 0.25) is 0 Å². The summed E-state index contributed by atoms with van der Waals surface area (Å²) in [5.74, 6) is 0.0595. The highest BCUT2D eigenvalue weighted by Gasteiger charge is 2.13. The van der Waals surface area contributed by atoms with Crippen molar-refractivity contribution >= 4 is 5.78 Å². The van der Waals surface area contributed by atoms with E-state index in [1.54, 1.807) is 0 Å². The fourth-order valence-electron chi connectivity index (χ4n) is 2.61. The lowest BCUT2D eigenvalue weighted by atomic mass is 10.0. The maximum absolute atomic E-state index is 11.7. The first kappa shape index (κ1) is 16.4. The molecule has 0 aromatic carbocycles. The van der Waals surface area contributed by atoms with Gasteiger partial charge in [0, 0.05) is 6.42 Å². The third-order valence-electron chi connectivity index (χ3n) is 3.93. The number of aliphatic hydroxyl groups is 1. The molecule has 19 heavy (non-hydrogen) atoms. The Kier molecular flexibility index (Phi) is 9.70. The standard InChI is InChI=1S/C17H30O2/c18-16-14-12-10-8-6-4-2-1-3-5-7-9-11-13-15-17(16)19/h1-2,17,19H,3-15H2. The van der Waals surface area contributed by atoms with E-state index in [4.69, 9.17) is 0 Å². The van der Waals surface area contributed by atoms with E-state index in [1.165, 1.54) is 44.9 Å². The van der Waals surface area contributed by atoms with E-state index >= 15 is 0 Å². The lowest BCUT2D eigenvalue weighted by Crippen LogP contribution is -2.19. The van der Waals surface area contributed by atoms with Gasteiger partial charge in [0.05, 0.1) is 0 Å². The molecule has 1 aliphatic rings. The minimum Gasteiger partial charge on any atom is -0.385 e. The van der Waals surface area contributed by atoms with Gasteiger partial charge in [-0.2, -0.15) is 0 Å². The van der Waals surface area contributed by atoms with E-state index in [9.17, 15) is 9.90 Å². The zero-order chi connectivity index (χ0) is 13.8. The van der Waals surface area contributed by atoms with Crippen molar-refractivity contribution in [2.45, 2.75) is 89.6 Å². The van der Waals surface area contributed by atoms with Gasteiger partial charge in [-0.1, -0.05) is 50.7 Å². The van der Waals surface area contributed by atoms with E-state index in [-0.39, 0.29) is 5.78 Å². The monoisotopic (exact) mass is 266 g/mol. The minimum absolute atomic E-state index is 0.0595. The summed E-state index contributed by atoms with van der Waals surface area (Å²) in [6, 6.07) is 0. The Morgan fingerprint density at radius 1 is 0.789 bits per heavy atom. The molecule has 0 amide bonds. The molecule has 1 rings (SSSR count). The fourth-order valence-corrected chi connectivity index (χ4v) is 2.61. The Morgan fingerprint density at radius 2 is 1.32 bits per heavy atom. The highest BCUT2D eigenvalue weighted by atomic mass is 16.3. The molecule has 0 fully saturated rings. The first-order chi connectivity index (χ1) is 9.30. The maximum atomic E-state index is 11.7. The quantitative estimate of drug-likeness (QED) is 0.653. The lowest BCUT2D eigenvalue weighted by Gasteiger charge is -2.09. The largest absolute Gasteiger partial charge is 0.385 e. The molecule has 0 bridgehead atoms. The van der Waals surface area contributed by atoms with Crippen LogP contribution >= 0.6 is 0 Å². The molecule has 1 aliphatic carbocycles. The van der Waals surface area contributed by atoms with E-state index < -0.39 is 6.10 Å². The molecule has 0 heterocycles. The molecule has 0 radical (unpaired) electrons. The second kappa shape index (κ2) is 11.2. The van der Waals surface area contributed by atoms with Crippen LogP contribution in [0.15, 0.2) is 12.2 Å². The summed E-state index contributed by atoms with van der Waals surface area (Å²) in [6.07, 6.45) is 18.0. The second-order valence-electron chi connectivity index (χ2n) is 5.75. The predicted octanol–water partition coefficient (Wildman–Crippen LogP) is 4.56. The number of carbonyl (C=O) groups excluding carboxylic acids is 1. The Hall–Kier alpha value is -0.630. The minimum atomic E-state index is -0.697. The molecule has 2 nitrogen and oxygen atoms in total. The molecule has 0 saturated carbocycles. The fraction of sp³-hybridized carbons (Fsp3) is 0.824. The molecule has 0 aromatic rings. The van der Waals surface area contributed by atoms with Gasteiger partial charge in [-0.15, -0.1) is 0 Å². The number of ketones is 1. The number of hydrogen-bond donors (Lipinski definition) is 1. The number of hydrogen-bond acceptors (Lipinski definition) is 2. The summed E-state index contributed by atoms with van der Waals surface area (Å²) in [5.41, 5.74) is 0.